The highest BCUT2D eigenvalue weighted by atomic mass is 16.5. The molecular weight excluding hydrogens is 428 g/mol. The van der Waals surface area contributed by atoms with Crippen LogP contribution in [0.3, 0.4) is 0 Å². The molecule has 182 valence electrons. The summed E-state index contributed by atoms with van der Waals surface area (Å²) in [5.41, 5.74) is 1.17. The van der Waals surface area contributed by atoms with Gasteiger partial charge in [-0.15, -0.1) is 0 Å². The number of nitrogens with zero attached hydrogens (tertiary/aromatic N) is 1. The molecule has 1 unspecified atom stereocenters. The molecule has 33 heavy (non-hydrogen) atoms. The van der Waals surface area contributed by atoms with Crippen LogP contribution in [0.15, 0.2) is 24.3 Å². The SMILES string of the molecule is COCCCNC(=O)c1ccc(NCC(=O)N2CCNC(=O)C2CC(=O)OCC(C)C)cc1. The fraction of sp³-hybridized carbons (Fsp3) is 0.565. The number of amides is 3. The molecule has 0 saturated carbocycles. The molecule has 3 N–H and O–H groups in total. The average molecular weight is 463 g/mol. The fourth-order valence-corrected chi connectivity index (χ4v) is 3.23. The number of hydrogen-bond acceptors (Lipinski definition) is 7. The van der Waals surface area contributed by atoms with Crippen molar-refractivity contribution in [2.24, 2.45) is 5.92 Å². The van der Waals surface area contributed by atoms with E-state index in [0.29, 0.717) is 37.5 Å². The number of rotatable bonds is 12. The van der Waals surface area contributed by atoms with Gasteiger partial charge in [-0.1, -0.05) is 13.8 Å². The molecule has 10 heteroatoms. The second-order valence-corrected chi connectivity index (χ2v) is 8.21. The molecule has 0 spiro atoms. The number of ether oxygens (including phenoxy) is 2. The maximum absolute atomic E-state index is 12.8. The Morgan fingerprint density at radius 2 is 1.94 bits per heavy atom. The predicted molar refractivity (Wildman–Crippen MR) is 123 cm³/mol. The van der Waals surface area contributed by atoms with Gasteiger partial charge in [0.1, 0.15) is 6.04 Å². The first-order valence-corrected chi connectivity index (χ1v) is 11.2. The molecule has 0 bridgehead atoms. The molecular formula is C23H34N4O6. The van der Waals surface area contributed by atoms with Crippen LogP contribution < -0.4 is 16.0 Å². The largest absolute Gasteiger partial charge is 0.465 e. The van der Waals surface area contributed by atoms with E-state index >= 15 is 0 Å². The monoisotopic (exact) mass is 462 g/mol. The molecule has 10 nitrogen and oxygen atoms in total. The topological polar surface area (TPSA) is 126 Å². The summed E-state index contributed by atoms with van der Waals surface area (Å²) in [5, 5.41) is 8.51. The second-order valence-electron chi connectivity index (χ2n) is 8.21. The van der Waals surface area contributed by atoms with Crippen molar-refractivity contribution >= 4 is 29.4 Å². The summed E-state index contributed by atoms with van der Waals surface area (Å²) in [4.78, 5) is 50.7. The van der Waals surface area contributed by atoms with Crippen molar-refractivity contribution in [1.82, 2.24) is 15.5 Å². The van der Waals surface area contributed by atoms with Crippen LogP contribution >= 0.6 is 0 Å². The van der Waals surface area contributed by atoms with E-state index < -0.39 is 12.0 Å². The van der Waals surface area contributed by atoms with Crippen molar-refractivity contribution in [3.05, 3.63) is 29.8 Å². The lowest BCUT2D eigenvalue weighted by molar-refractivity contribution is -0.152. The third kappa shape index (κ3) is 8.72. The first-order chi connectivity index (χ1) is 15.8. The molecule has 1 aliphatic rings. The van der Waals surface area contributed by atoms with E-state index in [-0.39, 0.29) is 43.2 Å². The third-order valence-corrected chi connectivity index (χ3v) is 4.99. The van der Waals surface area contributed by atoms with E-state index in [1.54, 1.807) is 31.4 Å². The van der Waals surface area contributed by atoms with Gasteiger partial charge in [0.25, 0.3) is 5.91 Å². The Bertz CT molecular complexity index is 812. The van der Waals surface area contributed by atoms with Crippen LogP contribution in [0.2, 0.25) is 0 Å². The summed E-state index contributed by atoms with van der Waals surface area (Å²) < 4.78 is 10.1. The summed E-state index contributed by atoms with van der Waals surface area (Å²) in [6.45, 7) is 5.81. The molecule has 1 aromatic carbocycles. The van der Waals surface area contributed by atoms with Crippen molar-refractivity contribution in [2.75, 3.05) is 51.8 Å². The van der Waals surface area contributed by atoms with Gasteiger partial charge in [0.15, 0.2) is 0 Å². The van der Waals surface area contributed by atoms with Gasteiger partial charge in [-0.2, -0.15) is 0 Å². The summed E-state index contributed by atoms with van der Waals surface area (Å²) in [6.07, 6.45) is 0.549. The third-order valence-electron chi connectivity index (χ3n) is 4.99. The lowest BCUT2D eigenvalue weighted by atomic mass is 10.1. The van der Waals surface area contributed by atoms with Crippen molar-refractivity contribution in [3.8, 4) is 0 Å². The molecule has 0 aromatic heterocycles. The van der Waals surface area contributed by atoms with Crippen molar-refractivity contribution in [3.63, 3.8) is 0 Å². The van der Waals surface area contributed by atoms with Gasteiger partial charge in [0, 0.05) is 44.6 Å². The zero-order valence-corrected chi connectivity index (χ0v) is 19.5. The minimum Gasteiger partial charge on any atom is -0.465 e. The van der Waals surface area contributed by atoms with Gasteiger partial charge >= 0.3 is 5.97 Å². The molecule has 1 aliphatic heterocycles. The number of piperazine rings is 1. The highest BCUT2D eigenvalue weighted by Gasteiger charge is 2.35. The first kappa shape index (κ1) is 26.1. The Labute approximate surface area is 194 Å². The molecule has 2 rings (SSSR count). The van der Waals surface area contributed by atoms with Gasteiger partial charge in [0.05, 0.1) is 19.6 Å². The number of anilines is 1. The molecule has 0 radical (unpaired) electrons. The van der Waals surface area contributed by atoms with E-state index in [4.69, 9.17) is 9.47 Å². The maximum Gasteiger partial charge on any atom is 0.308 e. The summed E-state index contributed by atoms with van der Waals surface area (Å²) in [7, 11) is 1.61. The molecule has 1 saturated heterocycles. The van der Waals surface area contributed by atoms with Crippen molar-refractivity contribution in [1.29, 1.82) is 0 Å². The number of methoxy groups -OCH3 is 1. The lowest BCUT2D eigenvalue weighted by Crippen LogP contribution is -2.58. The van der Waals surface area contributed by atoms with Crippen LogP contribution in [0.5, 0.6) is 0 Å². The minimum atomic E-state index is -0.892. The predicted octanol–water partition coefficient (Wildman–Crippen LogP) is 0.781. The highest BCUT2D eigenvalue weighted by molar-refractivity contribution is 5.95. The van der Waals surface area contributed by atoms with Crippen LogP contribution in [0, 0.1) is 5.92 Å². The van der Waals surface area contributed by atoms with E-state index in [2.05, 4.69) is 16.0 Å². The zero-order chi connectivity index (χ0) is 24.2. The molecule has 1 fully saturated rings. The van der Waals surface area contributed by atoms with Crippen LogP contribution in [-0.2, 0) is 23.9 Å². The Kier molecular flexibility index (Phi) is 10.6. The Hall–Kier alpha value is -3.14. The number of carbonyl (C=O) groups excluding carboxylic acids is 4. The summed E-state index contributed by atoms with van der Waals surface area (Å²) >= 11 is 0. The van der Waals surface area contributed by atoms with Gasteiger partial charge in [-0.25, -0.2) is 0 Å². The van der Waals surface area contributed by atoms with Gasteiger partial charge in [-0.05, 0) is 36.6 Å². The van der Waals surface area contributed by atoms with E-state index in [1.165, 1.54) is 4.90 Å². The number of esters is 1. The lowest BCUT2D eigenvalue weighted by Gasteiger charge is -2.34. The highest BCUT2D eigenvalue weighted by Crippen LogP contribution is 2.13. The standard InChI is InChI=1S/C23H34N4O6/c1-16(2)15-33-21(29)13-19-23(31)25-10-11-27(19)20(28)14-26-18-7-5-17(6-8-18)22(30)24-9-4-12-32-3/h5-8,16,19,26H,4,9-15H2,1-3H3,(H,24,30)(H,25,31). The van der Waals surface area contributed by atoms with Crippen LogP contribution in [0.1, 0.15) is 37.0 Å². The quantitative estimate of drug-likeness (QED) is 0.310. The number of nitrogens with one attached hydrogen (secondary N) is 3. The number of hydrogen-bond donors (Lipinski definition) is 3. The van der Waals surface area contributed by atoms with Crippen LogP contribution in [-0.4, -0.2) is 81.1 Å². The van der Waals surface area contributed by atoms with E-state index in [0.717, 1.165) is 6.42 Å². The minimum absolute atomic E-state index is 0.0482. The summed E-state index contributed by atoms with van der Waals surface area (Å²) in [5.74, 6) is -1.17. The van der Waals surface area contributed by atoms with Crippen molar-refractivity contribution in [2.45, 2.75) is 32.7 Å². The maximum atomic E-state index is 12.8. The molecule has 1 atom stereocenters. The molecule has 3 amide bonds. The van der Waals surface area contributed by atoms with Crippen LogP contribution in [0.25, 0.3) is 0 Å². The average Bonchev–Trinajstić information content (AvgIpc) is 2.80. The first-order valence-electron chi connectivity index (χ1n) is 11.2. The Morgan fingerprint density at radius 1 is 1.21 bits per heavy atom. The number of benzene rings is 1. The smallest absolute Gasteiger partial charge is 0.308 e. The Morgan fingerprint density at radius 3 is 2.61 bits per heavy atom. The molecule has 0 aliphatic carbocycles. The number of carbonyl (C=O) groups is 4. The molecule has 1 aromatic rings. The van der Waals surface area contributed by atoms with Crippen molar-refractivity contribution < 1.29 is 28.7 Å². The van der Waals surface area contributed by atoms with Gasteiger partial charge in [0.2, 0.25) is 11.8 Å². The van der Waals surface area contributed by atoms with Crippen LogP contribution in [0.4, 0.5) is 5.69 Å². The normalized spacial score (nSPS) is 15.7. The van der Waals surface area contributed by atoms with E-state index in [9.17, 15) is 19.2 Å². The Balaban J connectivity index is 1.87. The fourth-order valence-electron chi connectivity index (χ4n) is 3.23. The second kappa shape index (κ2) is 13.4. The van der Waals surface area contributed by atoms with Gasteiger partial charge < -0.3 is 30.3 Å². The summed E-state index contributed by atoms with van der Waals surface area (Å²) in [6, 6.07) is 5.86. The molecule has 1 heterocycles. The van der Waals surface area contributed by atoms with Gasteiger partial charge in [-0.3, -0.25) is 19.2 Å². The zero-order valence-electron chi connectivity index (χ0n) is 19.5. The van der Waals surface area contributed by atoms with E-state index in [1.807, 2.05) is 13.8 Å².